The van der Waals surface area contributed by atoms with Gasteiger partial charge in [-0.15, -0.1) is 11.3 Å². The zero-order chi connectivity index (χ0) is 12.1. The molecule has 2 aromatic heterocycles. The summed E-state index contributed by atoms with van der Waals surface area (Å²) < 4.78 is 5.58. The van der Waals surface area contributed by atoms with E-state index in [1.54, 1.807) is 11.3 Å². The third-order valence-corrected chi connectivity index (χ3v) is 3.43. The molecule has 5 heteroatoms. The van der Waals surface area contributed by atoms with Crippen molar-refractivity contribution in [3.05, 3.63) is 45.2 Å². The minimum absolute atomic E-state index is 0.423. The van der Waals surface area contributed by atoms with Crippen LogP contribution in [0.3, 0.4) is 0 Å². The van der Waals surface area contributed by atoms with Crippen molar-refractivity contribution in [2.24, 2.45) is 0 Å². The summed E-state index contributed by atoms with van der Waals surface area (Å²) in [5, 5.41) is 5.64. The van der Waals surface area contributed by atoms with Gasteiger partial charge in [0.05, 0.1) is 23.9 Å². The van der Waals surface area contributed by atoms with Crippen LogP contribution in [-0.4, -0.2) is 12.0 Å². The zero-order valence-corrected chi connectivity index (χ0v) is 11.0. The number of hydrogen-bond donors (Lipinski definition) is 1. The van der Waals surface area contributed by atoms with Gasteiger partial charge in [0.25, 0.3) is 0 Å². The highest BCUT2D eigenvalue weighted by molar-refractivity contribution is 7.09. The van der Waals surface area contributed by atoms with Gasteiger partial charge in [-0.1, -0.05) is 17.7 Å². The summed E-state index contributed by atoms with van der Waals surface area (Å²) in [6, 6.07) is 7.72. The van der Waals surface area contributed by atoms with E-state index in [1.807, 2.05) is 36.7 Å². The van der Waals surface area contributed by atoms with Gasteiger partial charge in [0.1, 0.15) is 5.82 Å². The summed E-state index contributed by atoms with van der Waals surface area (Å²) in [4.78, 5) is 5.54. The number of aromatic nitrogens is 1. The molecule has 0 saturated carbocycles. The van der Waals surface area contributed by atoms with E-state index in [0.717, 1.165) is 11.5 Å². The van der Waals surface area contributed by atoms with Crippen LogP contribution in [-0.2, 0) is 18.0 Å². The second-order valence-corrected chi connectivity index (χ2v) is 4.89. The van der Waals surface area contributed by atoms with E-state index in [0.29, 0.717) is 18.2 Å². The van der Waals surface area contributed by atoms with Crippen LogP contribution < -0.4 is 5.32 Å². The Morgan fingerprint density at radius 2 is 2.24 bits per heavy atom. The summed E-state index contributed by atoms with van der Waals surface area (Å²) in [5.74, 6) is 0.795. The second-order valence-electron chi connectivity index (χ2n) is 3.45. The Morgan fingerprint density at radius 1 is 1.35 bits per heavy atom. The molecule has 0 aliphatic heterocycles. The summed E-state index contributed by atoms with van der Waals surface area (Å²) in [5.41, 5.74) is 0.759. The molecule has 0 radical (unpaired) electrons. The van der Waals surface area contributed by atoms with Gasteiger partial charge in [-0.3, -0.25) is 0 Å². The number of ether oxygens (including phenoxy) is 1. The summed E-state index contributed by atoms with van der Waals surface area (Å²) in [7, 11) is 1.83. The maximum atomic E-state index is 6.05. The Labute approximate surface area is 109 Å². The Bertz CT molecular complexity index is 473. The smallest absolute Gasteiger partial charge is 0.126 e. The van der Waals surface area contributed by atoms with Gasteiger partial charge in [0.15, 0.2) is 0 Å². The SMILES string of the molecule is CNc1ccc(Cl)c(COCc2cccs2)n1. The molecule has 90 valence electrons. The molecule has 1 N–H and O–H groups in total. The molecule has 2 rings (SSSR count). The lowest BCUT2D eigenvalue weighted by atomic mass is 10.3. The van der Waals surface area contributed by atoms with Gasteiger partial charge < -0.3 is 10.1 Å². The van der Waals surface area contributed by atoms with Crippen molar-refractivity contribution in [1.29, 1.82) is 0 Å². The number of halogens is 1. The third kappa shape index (κ3) is 3.43. The Morgan fingerprint density at radius 3 is 2.94 bits per heavy atom. The van der Waals surface area contributed by atoms with Crippen LogP contribution in [0.25, 0.3) is 0 Å². The van der Waals surface area contributed by atoms with Crippen molar-refractivity contribution in [1.82, 2.24) is 4.98 Å². The van der Waals surface area contributed by atoms with Gasteiger partial charge >= 0.3 is 0 Å². The van der Waals surface area contributed by atoms with E-state index in [4.69, 9.17) is 16.3 Å². The molecule has 0 aliphatic rings. The molecule has 0 saturated heterocycles. The fraction of sp³-hybridized carbons (Fsp3) is 0.250. The van der Waals surface area contributed by atoms with Crippen LogP contribution in [0.2, 0.25) is 5.02 Å². The van der Waals surface area contributed by atoms with Crippen LogP contribution in [0, 0.1) is 0 Å². The van der Waals surface area contributed by atoms with E-state index >= 15 is 0 Å². The highest BCUT2D eigenvalue weighted by Gasteiger charge is 2.04. The molecular formula is C12H13ClN2OS. The number of nitrogens with one attached hydrogen (secondary N) is 1. The maximum Gasteiger partial charge on any atom is 0.126 e. The first-order valence-electron chi connectivity index (χ1n) is 5.23. The molecule has 2 aromatic rings. The third-order valence-electron chi connectivity index (χ3n) is 2.24. The van der Waals surface area contributed by atoms with Gasteiger partial charge in [0, 0.05) is 11.9 Å². The Kier molecular flexibility index (Phi) is 4.36. The van der Waals surface area contributed by atoms with Crippen LogP contribution in [0.1, 0.15) is 10.6 Å². The van der Waals surface area contributed by atoms with Crippen molar-refractivity contribution in [2.45, 2.75) is 13.2 Å². The van der Waals surface area contributed by atoms with Gasteiger partial charge in [0.2, 0.25) is 0 Å². The minimum Gasteiger partial charge on any atom is -0.373 e. The monoisotopic (exact) mass is 268 g/mol. The molecule has 0 bridgehead atoms. The second kappa shape index (κ2) is 6.00. The normalized spacial score (nSPS) is 10.5. The average Bonchev–Trinajstić information content (AvgIpc) is 2.84. The average molecular weight is 269 g/mol. The highest BCUT2D eigenvalue weighted by atomic mass is 35.5. The Balaban J connectivity index is 1.94. The fourth-order valence-electron chi connectivity index (χ4n) is 1.37. The summed E-state index contributed by atoms with van der Waals surface area (Å²) >= 11 is 7.73. The van der Waals surface area contributed by atoms with Crippen LogP contribution >= 0.6 is 22.9 Å². The highest BCUT2D eigenvalue weighted by Crippen LogP contribution is 2.18. The molecule has 0 amide bonds. The van der Waals surface area contributed by atoms with Gasteiger partial charge in [-0.25, -0.2) is 4.98 Å². The van der Waals surface area contributed by atoms with Gasteiger partial charge in [-0.2, -0.15) is 0 Å². The summed E-state index contributed by atoms with van der Waals surface area (Å²) in [6.45, 7) is 1.02. The number of hydrogen-bond acceptors (Lipinski definition) is 4. The molecule has 0 spiro atoms. The van der Waals surface area contributed by atoms with Crippen molar-refractivity contribution in [3.63, 3.8) is 0 Å². The number of rotatable bonds is 5. The first kappa shape index (κ1) is 12.4. The van der Waals surface area contributed by atoms with E-state index < -0.39 is 0 Å². The molecule has 2 heterocycles. The van der Waals surface area contributed by atoms with E-state index in [-0.39, 0.29) is 0 Å². The molecule has 17 heavy (non-hydrogen) atoms. The lowest BCUT2D eigenvalue weighted by Gasteiger charge is -2.06. The molecule has 3 nitrogen and oxygen atoms in total. The quantitative estimate of drug-likeness (QED) is 0.900. The molecule has 0 atom stereocenters. The van der Waals surface area contributed by atoms with E-state index in [9.17, 15) is 0 Å². The molecule has 0 aliphatic carbocycles. The first-order chi connectivity index (χ1) is 8.29. The number of thiophene rings is 1. The van der Waals surface area contributed by atoms with Crippen LogP contribution in [0.15, 0.2) is 29.6 Å². The largest absolute Gasteiger partial charge is 0.373 e. The van der Waals surface area contributed by atoms with E-state index in [1.165, 1.54) is 4.88 Å². The van der Waals surface area contributed by atoms with Crippen LogP contribution in [0.5, 0.6) is 0 Å². The number of pyridine rings is 1. The molecule has 0 unspecified atom stereocenters. The lowest BCUT2D eigenvalue weighted by Crippen LogP contribution is -2.00. The minimum atomic E-state index is 0.423. The predicted octanol–water partition coefficient (Wildman–Crippen LogP) is 3.56. The lowest BCUT2D eigenvalue weighted by molar-refractivity contribution is 0.107. The standard InChI is InChI=1S/C12H13ClN2OS/c1-14-12-5-4-10(13)11(15-12)8-16-7-9-3-2-6-17-9/h2-6H,7-8H2,1H3,(H,14,15). The number of anilines is 1. The maximum absolute atomic E-state index is 6.05. The summed E-state index contributed by atoms with van der Waals surface area (Å²) in [6.07, 6.45) is 0. The van der Waals surface area contributed by atoms with Crippen LogP contribution in [0.4, 0.5) is 5.82 Å². The fourth-order valence-corrected chi connectivity index (χ4v) is 2.17. The van der Waals surface area contributed by atoms with E-state index in [2.05, 4.69) is 10.3 Å². The van der Waals surface area contributed by atoms with Crippen molar-refractivity contribution < 1.29 is 4.74 Å². The molecule has 0 aromatic carbocycles. The van der Waals surface area contributed by atoms with Crippen molar-refractivity contribution >= 4 is 28.8 Å². The predicted molar refractivity (Wildman–Crippen MR) is 71.6 cm³/mol. The number of nitrogens with zero attached hydrogens (tertiary/aromatic N) is 1. The zero-order valence-electron chi connectivity index (χ0n) is 9.44. The Hall–Kier alpha value is -1.10. The van der Waals surface area contributed by atoms with Crippen molar-refractivity contribution in [2.75, 3.05) is 12.4 Å². The first-order valence-corrected chi connectivity index (χ1v) is 6.48. The molecule has 0 fully saturated rings. The van der Waals surface area contributed by atoms with Gasteiger partial charge in [-0.05, 0) is 23.6 Å². The molecular weight excluding hydrogens is 256 g/mol. The topological polar surface area (TPSA) is 34.1 Å². The van der Waals surface area contributed by atoms with Crippen molar-refractivity contribution in [3.8, 4) is 0 Å².